The van der Waals surface area contributed by atoms with E-state index in [1.165, 1.54) is 11.3 Å². The molecule has 1 saturated heterocycles. The summed E-state index contributed by atoms with van der Waals surface area (Å²) in [5, 5.41) is 4.29. The van der Waals surface area contributed by atoms with Gasteiger partial charge in [-0.25, -0.2) is 4.98 Å². The zero-order chi connectivity index (χ0) is 19.8. The molecule has 0 radical (unpaired) electrons. The summed E-state index contributed by atoms with van der Waals surface area (Å²) in [5.74, 6) is 0.933. The van der Waals surface area contributed by atoms with Crippen molar-refractivity contribution in [2.24, 2.45) is 0 Å². The van der Waals surface area contributed by atoms with Crippen LogP contribution in [0, 0.1) is 13.8 Å². The lowest BCUT2D eigenvalue weighted by molar-refractivity contribution is 0.269. The highest BCUT2D eigenvalue weighted by Gasteiger charge is 2.42. The summed E-state index contributed by atoms with van der Waals surface area (Å²) in [6.45, 7) is 8.65. The normalized spacial score (nSPS) is 19.3. The van der Waals surface area contributed by atoms with E-state index in [2.05, 4.69) is 64.6 Å². The molecule has 4 heterocycles. The summed E-state index contributed by atoms with van der Waals surface area (Å²) in [6, 6.07) is 14.6. The van der Waals surface area contributed by atoms with Crippen molar-refractivity contribution in [2.45, 2.75) is 45.8 Å². The van der Waals surface area contributed by atoms with Crippen molar-refractivity contribution in [1.29, 1.82) is 0 Å². The van der Waals surface area contributed by atoms with Gasteiger partial charge in [0.15, 0.2) is 5.11 Å². The minimum Gasteiger partial charge on any atom is -0.352 e. The van der Waals surface area contributed by atoms with Gasteiger partial charge < -0.3 is 14.8 Å². The third-order valence-electron chi connectivity index (χ3n) is 5.36. The van der Waals surface area contributed by atoms with E-state index in [1.54, 1.807) is 0 Å². The lowest BCUT2D eigenvalue weighted by atomic mass is 9.96. The molecule has 28 heavy (non-hydrogen) atoms. The third kappa shape index (κ3) is 3.07. The molecule has 3 aromatic heterocycles. The number of pyridine rings is 2. The first-order chi connectivity index (χ1) is 13.5. The van der Waals surface area contributed by atoms with Crippen LogP contribution >= 0.6 is 12.2 Å². The van der Waals surface area contributed by atoms with Crippen LogP contribution < -0.4 is 5.32 Å². The predicted octanol–water partition coefficient (Wildman–Crippen LogP) is 4.27. The summed E-state index contributed by atoms with van der Waals surface area (Å²) in [5.41, 5.74) is 4.59. The zero-order valence-corrected chi connectivity index (χ0v) is 17.4. The molecule has 2 atom stereocenters. The van der Waals surface area contributed by atoms with Crippen LogP contribution in [0.1, 0.15) is 48.6 Å². The summed E-state index contributed by atoms with van der Waals surface area (Å²) >= 11 is 5.72. The number of rotatable bonds is 4. The maximum Gasteiger partial charge on any atom is 0.170 e. The first-order valence-corrected chi connectivity index (χ1v) is 10.00. The molecule has 0 amide bonds. The lowest BCUT2D eigenvalue weighted by Crippen LogP contribution is -2.35. The molecule has 3 aromatic rings. The number of aromatic nitrogens is 3. The number of nitrogens with one attached hydrogen (secondary N) is 1. The van der Waals surface area contributed by atoms with Gasteiger partial charge in [0, 0.05) is 29.8 Å². The standard InChI is InChI=1S/C22H25N5S/c1-14(2)26-21(20(25-22(26)28)18-9-5-7-11-23-18)17-13-15(3)27(16(17)4)19-10-6-8-12-24-19/h5-14,20-21H,1-4H3,(H,25,28). The van der Waals surface area contributed by atoms with Crippen LogP contribution in [0.15, 0.2) is 54.9 Å². The van der Waals surface area contributed by atoms with Crippen LogP contribution in [0.3, 0.4) is 0 Å². The van der Waals surface area contributed by atoms with Crippen molar-refractivity contribution in [3.05, 3.63) is 77.5 Å². The van der Waals surface area contributed by atoms with Gasteiger partial charge in [0.25, 0.3) is 0 Å². The average molecular weight is 392 g/mol. The summed E-state index contributed by atoms with van der Waals surface area (Å²) in [4.78, 5) is 11.5. The van der Waals surface area contributed by atoms with Gasteiger partial charge in [-0.2, -0.15) is 0 Å². The van der Waals surface area contributed by atoms with E-state index in [9.17, 15) is 0 Å². The molecule has 0 spiro atoms. The lowest BCUT2D eigenvalue weighted by Gasteiger charge is -2.31. The summed E-state index contributed by atoms with van der Waals surface area (Å²) in [7, 11) is 0. The van der Waals surface area contributed by atoms with Crippen LogP contribution in [-0.4, -0.2) is 30.6 Å². The van der Waals surface area contributed by atoms with Crippen LogP contribution in [0.25, 0.3) is 5.82 Å². The molecule has 1 aliphatic heterocycles. The van der Waals surface area contributed by atoms with Gasteiger partial charge in [0.1, 0.15) is 5.82 Å². The Balaban J connectivity index is 1.86. The fourth-order valence-electron chi connectivity index (χ4n) is 4.18. The Bertz CT molecular complexity index is 981. The molecular formula is C22H25N5S. The Morgan fingerprint density at radius 2 is 1.75 bits per heavy atom. The monoisotopic (exact) mass is 391 g/mol. The fourth-order valence-corrected chi connectivity index (χ4v) is 4.63. The molecule has 2 unspecified atom stereocenters. The quantitative estimate of drug-likeness (QED) is 0.673. The molecule has 0 aromatic carbocycles. The minimum atomic E-state index is 0.00813. The number of thiocarbonyl (C=S) groups is 1. The number of aryl methyl sites for hydroxylation is 1. The fraction of sp³-hybridized carbons (Fsp3) is 0.318. The Morgan fingerprint density at radius 1 is 1.04 bits per heavy atom. The summed E-state index contributed by atoms with van der Waals surface area (Å²) < 4.78 is 2.21. The van der Waals surface area contributed by atoms with Crippen molar-refractivity contribution in [2.75, 3.05) is 0 Å². The molecule has 1 fully saturated rings. The Labute approximate surface area is 171 Å². The number of nitrogens with zero attached hydrogens (tertiary/aromatic N) is 4. The SMILES string of the molecule is Cc1cc(C2C(c3ccccn3)NC(=S)N2C(C)C)c(C)n1-c1ccccn1. The highest BCUT2D eigenvalue weighted by atomic mass is 32.1. The second kappa shape index (κ2) is 7.36. The third-order valence-corrected chi connectivity index (χ3v) is 5.69. The Hall–Kier alpha value is -2.73. The van der Waals surface area contributed by atoms with Crippen molar-refractivity contribution in [1.82, 2.24) is 24.8 Å². The second-order valence-electron chi connectivity index (χ2n) is 7.48. The topological polar surface area (TPSA) is 46.0 Å². The first kappa shape index (κ1) is 18.6. The summed E-state index contributed by atoms with van der Waals surface area (Å²) in [6.07, 6.45) is 3.67. The van der Waals surface area contributed by atoms with Crippen molar-refractivity contribution in [3.63, 3.8) is 0 Å². The van der Waals surface area contributed by atoms with Gasteiger partial charge in [0.05, 0.1) is 17.8 Å². The van der Waals surface area contributed by atoms with Crippen molar-refractivity contribution in [3.8, 4) is 5.82 Å². The largest absolute Gasteiger partial charge is 0.352 e. The van der Waals surface area contributed by atoms with Gasteiger partial charge in [-0.3, -0.25) is 4.98 Å². The highest BCUT2D eigenvalue weighted by Crippen LogP contribution is 2.42. The number of hydrogen-bond acceptors (Lipinski definition) is 3. The first-order valence-electron chi connectivity index (χ1n) is 9.59. The van der Waals surface area contributed by atoms with E-state index in [0.29, 0.717) is 0 Å². The molecule has 1 aliphatic rings. The van der Waals surface area contributed by atoms with E-state index in [4.69, 9.17) is 12.2 Å². The molecule has 6 heteroatoms. The highest BCUT2D eigenvalue weighted by molar-refractivity contribution is 7.80. The predicted molar refractivity (Wildman–Crippen MR) is 115 cm³/mol. The maximum absolute atomic E-state index is 5.72. The van der Waals surface area contributed by atoms with Gasteiger partial charge in [-0.1, -0.05) is 12.1 Å². The second-order valence-corrected chi connectivity index (χ2v) is 7.86. The molecule has 1 N–H and O–H groups in total. The molecular weight excluding hydrogens is 366 g/mol. The van der Waals surface area contributed by atoms with E-state index in [1.807, 2.05) is 42.7 Å². The van der Waals surface area contributed by atoms with E-state index >= 15 is 0 Å². The number of hydrogen-bond donors (Lipinski definition) is 1. The van der Waals surface area contributed by atoms with Crippen molar-refractivity contribution < 1.29 is 0 Å². The van der Waals surface area contributed by atoms with Crippen LogP contribution in [0.4, 0.5) is 0 Å². The van der Waals surface area contributed by atoms with Gasteiger partial charge in [0.2, 0.25) is 0 Å². The average Bonchev–Trinajstić information content (AvgIpc) is 3.19. The van der Waals surface area contributed by atoms with E-state index < -0.39 is 0 Å². The zero-order valence-electron chi connectivity index (χ0n) is 16.6. The maximum atomic E-state index is 5.72. The van der Waals surface area contributed by atoms with Gasteiger partial charge in [-0.15, -0.1) is 0 Å². The van der Waals surface area contributed by atoms with Crippen molar-refractivity contribution >= 4 is 17.3 Å². The van der Waals surface area contributed by atoms with Crippen LogP contribution in [0.2, 0.25) is 0 Å². The van der Waals surface area contributed by atoms with Crippen LogP contribution in [-0.2, 0) is 0 Å². The van der Waals surface area contributed by atoms with Crippen LogP contribution in [0.5, 0.6) is 0 Å². The van der Waals surface area contributed by atoms with Gasteiger partial charge in [-0.05, 0) is 75.8 Å². The van der Waals surface area contributed by atoms with E-state index in [-0.39, 0.29) is 18.1 Å². The van der Waals surface area contributed by atoms with Gasteiger partial charge >= 0.3 is 0 Å². The molecule has 0 aliphatic carbocycles. The molecule has 0 saturated carbocycles. The molecule has 0 bridgehead atoms. The molecule has 4 rings (SSSR count). The van der Waals surface area contributed by atoms with E-state index in [0.717, 1.165) is 22.3 Å². The molecule has 5 nitrogen and oxygen atoms in total. The molecule has 144 valence electrons. The smallest absolute Gasteiger partial charge is 0.170 e. The Morgan fingerprint density at radius 3 is 2.36 bits per heavy atom. The minimum absolute atomic E-state index is 0.00813. The Kier molecular flexibility index (Phi) is 4.89.